The summed E-state index contributed by atoms with van der Waals surface area (Å²) in [6.45, 7) is 6.02. The Morgan fingerprint density at radius 3 is 2.52 bits per heavy atom. The SMILES string of the molecule is CCc1cc(C(=O)NCc2nc(C(=O)O)c(C)s2)sc1C. The minimum atomic E-state index is -1.04. The number of rotatable bonds is 5. The number of hydrogen-bond donors (Lipinski definition) is 2. The summed E-state index contributed by atoms with van der Waals surface area (Å²) in [4.78, 5) is 29.5. The number of nitrogens with zero attached hydrogens (tertiary/aromatic N) is 1. The average Bonchev–Trinajstić information content (AvgIpc) is 2.99. The molecule has 2 N–H and O–H groups in total. The number of amides is 1. The van der Waals surface area contributed by atoms with Crippen molar-refractivity contribution in [3.05, 3.63) is 37.0 Å². The summed E-state index contributed by atoms with van der Waals surface area (Å²) in [7, 11) is 0. The fourth-order valence-corrected chi connectivity index (χ4v) is 3.85. The average molecular weight is 324 g/mol. The van der Waals surface area contributed by atoms with Gasteiger partial charge in [-0.15, -0.1) is 22.7 Å². The van der Waals surface area contributed by atoms with Gasteiger partial charge in [0.2, 0.25) is 0 Å². The normalized spacial score (nSPS) is 10.6. The van der Waals surface area contributed by atoms with E-state index in [1.807, 2.05) is 13.0 Å². The smallest absolute Gasteiger partial charge is 0.355 e. The molecule has 0 atom stereocenters. The maximum atomic E-state index is 12.1. The van der Waals surface area contributed by atoms with Crippen molar-refractivity contribution >= 4 is 34.6 Å². The Morgan fingerprint density at radius 1 is 1.29 bits per heavy atom. The highest BCUT2D eigenvalue weighted by Crippen LogP contribution is 2.22. The third-order valence-electron chi connectivity index (χ3n) is 3.07. The molecular formula is C14H16N2O3S2. The number of aryl methyl sites for hydroxylation is 3. The van der Waals surface area contributed by atoms with Crippen LogP contribution in [0.4, 0.5) is 0 Å². The van der Waals surface area contributed by atoms with E-state index in [9.17, 15) is 9.59 Å². The zero-order valence-corrected chi connectivity index (χ0v) is 13.7. The quantitative estimate of drug-likeness (QED) is 0.886. The van der Waals surface area contributed by atoms with Crippen molar-refractivity contribution in [2.75, 3.05) is 0 Å². The van der Waals surface area contributed by atoms with Crippen LogP contribution < -0.4 is 5.32 Å². The number of carboxylic acid groups (broad SMARTS) is 1. The molecule has 0 radical (unpaired) electrons. The van der Waals surface area contributed by atoms with Crippen molar-refractivity contribution < 1.29 is 14.7 Å². The van der Waals surface area contributed by atoms with Crippen LogP contribution in [0.1, 0.15) is 47.4 Å². The van der Waals surface area contributed by atoms with Gasteiger partial charge in [0.05, 0.1) is 11.4 Å². The van der Waals surface area contributed by atoms with E-state index in [-0.39, 0.29) is 18.1 Å². The van der Waals surface area contributed by atoms with E-state index < -0.39 is 5.97 Å². The molecule has 7 heteroatoms. The molecule has 2 heterocycles. The van der Waals surface area contributed by atoms with Crippen molar-refractivity contribution in [1.29, 1.82) is 0 Å². The van der Waals surface area contributed by atoms with Gasteiger partial charge in [-0.2, -0.15) is 0 Å². The van der Waals surface area contributed by atoms with E-state index in [2.05, 4.69) is 17.2 Å². The summed E-state index contributed by atoms with van der Waals surface area (Å²) in [5.41, 5.74) is 1.24. The summed E-state index contributed by atoms with van der Waals surface area (Å²) in [6, 6.07) is 1.91. The predicted octanol–water partition coefficient (Wildman–Crippen LogP) is 3.01. The second-order valence-corrected chi connectivity index (χ2v) is 7.09. The monoisotopic (exact) mass is 324 g/mol. The molecule has 0 spiro atoms. The molecule has 0 aliphatic carbocycles. The van der Waals surface area contributed by atoms with Gasteiger partial charge in [-0.1, -0.05) is 6.92 Å². The molecule has 0 fully saturated rings. The Morgan fingerprint density at radius 2 is 2.00 bits per heavy atom. The maximum absolute atomic E-state index is 12.1. The van der Waals surface area contributed by atoms with Crippen molar-refractivity contribution in [3.63, 3.8) is 0 Å². The Hall–Kier alpha value is -1.73. The highest BCUT2D eigenvalue weighted by Gasteiger charge is 2.16. The molecule has 0 unspecified atom stereocenters. The lowest BCUT2D eigenvalue weighted by Gasteiger charge is -1.99. The molecule has 0 bridgehead atoms. The molecule has 2 rings (SSSR count). The highest BCUT2D eigenvalue weighted by molar-refractivity contribution is 7.14. The fourth-order valence-electron chi connectivity index (χ4n) is 1.95. The predicted molar refractivity (Wildman–Crippen MR) is 83.4 cm³/mol. The van der Waals surface area contributed by atoms with Crippen LogP contribution in [0, 0.1) is 13.8 Å². The van der Waals surface area contributed by atoms with Gasteiger partial charge in [0.15, 0.2) is 5.69 Å². The van der Waals surface area contributed by atoms with Crippen molar-refractivity contribution in [1.82, 2.24) is 10.3 Å². The molecule has 21 heavy (non-hydrogen) atoms. The van der Waals surface area contributed by atoms with E-state index in [0.717, 1.165) is 11.3 Å². The number of thiophene rings is 1. The van der Waals surface area contributed by atoms with Gasteiger partial charge in [-0.05, 0) is 31.9 Å². The van der Waals surface area contributed by atoms with Crippen LogP contribution in [0.15, 0.2) is 6.07 Å². The Kier molecular flexibility index (Phi) is 4.74. The zero-order valence-electron chi connectivity index (χ0n) is 12.0. The third kappa shape index (κ3) is 3.48. The molecular weight excluding hydrogens is 308 g/mol. The first-order valence-corrected chi connectivity index (χ1v) is 8.12. The van der Waals surface area contributed by atoms with Crippen LogP contribution in [0.2, 0.25) is 0 Å². The number of aromatic nitrogens is 1. The lowest BCUT2D eigenvalue weighted by Crippen LogP contribution is -2.21. The van der Waals surface area contributed by atoms with Gasteiger partial charge in [-0.25, -0.2) is 9.78 Å². The molecule has 0 aliphatic heterocycles. The minimum absolute atomic E-state index is 0.0597. The number of carbonyl (C=O) groups is 2. The summed E-state index contributed by atoms with van der Waals surface area (Å²) in [5.74, 6) is -1.18. The molecule has 0 aromatic carbocycles. The summed E-state index contributed by atoms with van der Waals surface area (Å²) < 4.78 is 0. The van der Waals surface area contributed by atoms with E-state index >= 15 is 0 Å². The lowest BCUT2D eigenvalue weighted by molar-refractivity contribution is 0.0690. The van der Waals surface area contributed by atoms with Crippen molar-refractivity contribution in [2.24, 2.45) is 0 Å². The Labute approximate surface area is 130 Å². The molecule has 1 amide bonds. The number of aromatic carboxylic acids is 1. The largest absolute Gasteiger partial charge is 0.476 e. The van der Waals surface area contributed by atoms with Gasteiger partial charge in [-0.3, -0.25) is 4.79 Å². The van der Waals surface area contributed by atoms with Crippen LogP contribution in [-0.4, -0.2) is 22.0 Å². The molecule has 2 aromatic heterocycles. The number of hydrogen-bond acceptors (Lipinski definition) is 5. The molecule has 112 valence electrons. The highest BCUT2D eigenvalue weighted by atomic mass is 32.1. The number of carboxylic acids is 1. The van der Waals surface area contributed by atoms with Gasteiger partial charge in [0.25, 0.3) is 5.91 Å². The zero-order chi connectivity index (χ0) is 15.6. The van der Waals surface area contributed by atoms with Gasteiger partial charge < -0.3 is 10.4 Å². The summed E-state index contributed by atoms with van der Waals surface area (Å²) in [5, 5.41) is 12.3. The second kappa shape index (κ2) is 6.36. The topological polar surface area (TPSA) is 79.3 Å². The number of carbonyl (C=O) groups excluding carboxylic acids is 1. The molecule has 2 aromatic rings. The van der Waals surface area contributed by atoms with E-state index in [1.165, 1.54) is 28.2 Å². The van der Waals surface area contributed by atoms with Crippen LogP contribution >= 0.6 is 22.7 Å². The number of nitrogens with one attached hydrogen (secondary N) is 1. The summed E-state index contributed by atoms with van der Waals surface area (Å²) in [6.07, 6.45) is 0.906. The Balaban J connectivity index is 2.03. The van der Waals surface area contributed by atoms with E-state index in [0.29, 0.717) is 14.8 Å². The summed E-state index contributed by atoms with van der Waals surface area (Å²) >= 11 is 2.76. The first-order chi connectivity index (χ1) is 9.92. The Bertz CT molecular complexity index is 688. The molecule has 0 saturated heterocycles. The van der Waals surface area contributed by atoms with E-state index in [4.69, 9.17) is 5.11 Å². The van der Waals surface area contributed by atoms with Gasteiger partial charge in [0.1, 0.15) is 5.01 Å². The van der Waals surface area contributed by atoms with Gasteiger partial charge >= 0.3 is 5.97 Å². The fraction of sp³-hybridized carbons (Fsp3) is 0.357. The van der Waals surface area contributed by atoms with E-state index in [1.54, 1.807) is 6.92 Å². The molecule has 5 nitrogen and oxygen atoms in total. The van der Waals surface area contributed by atoms with Crippen LogP contribution in [0.25, 0.3) is 0 Å². The van der Waals surface area contributed by atoms with Crippen LogP contribution in [0.3, 0.4) is 0 Å². The van der Waals surface area contributed by atoms with Crippen LogP contribution in [-0.2, 0) is 13.0 Å². The molecule has 0 aliphatic rings. The molecule has 0 saturated carbocycles. The van der Waals surface area contributed by atoms with Gasteiger partial charge in [0, 0.05) is 9.75 Å². The lowest BCUT2D eigenvalue weighted by atomic mass is 10.2. The standard InChI is InChI=1S/C14H16N2O3S2/c1-4-9-5-10(20-7(9)2)13(17)15-6-11-16-12(14(18)19)8(3)21-11/h5H,4,6H2,1-3H3,(H,15,17)(H,18,19). The minimum Gasteiger partial charge on any atom is -0.476 e. The van der Waals surface area contributed by atoms with Crippen LogP contribution in [0.5, 0.6) is 0 Å². The van der Waals surface area contributed by atoms with Crippen molar-refractivity contribution in [3.8, 4) is 0 Å². The third-order valence-corrected chi connectivity index (χ3v) is 5.13. The first-order valence-electron chi connectivity index (χ1n) is 6.49. The van der Waals surface area contributed by atoms with Crippen molar-refractivity contribution in [2.45, 2.75) is 33.7 Å². The maximum Gasteiger partial charge on any atom is 0.355 e. The number of thiazole rings is 1. The second-order valence-electron chi connectivity index (χ2n) is 4.55. The first kappa shape index (κ1) is 15.7.